The molecule has 0 bridgehead atoms. The third kappa shape index (κ3) is 4.04. The number of anilines is 1. The topological polar surface area (TPSA) is 34.1 Å². The van der Waals surface area contributed by atoms with Gasteiger partial charge in [-0.2, -0.15) is 0 Å². The van der Waals surface area contributed by atoms with Gasteiger partial charge < -0.3 is 10.1 Å². The second kappa shape index (κ2) is 6.40. The molecule has 0 atom stereocenters. The Bertz CT molecular complexity index is 499. The molecule has 1 heterocycles. The summed E-state index contributed by atoms with van der Waals surface area (Å²) in [5.74, 6) is 0.773. The molecule has 0 aliphatic carbocycles. The predicted octanol–water partition coefficient (Wildman–Crippen LogP) is 3.64. The van der Waals surface area contributed by atoms with E-state index < -0.39 is 0 Å². The van der Waals surface area contributed by atoms with Gasteiger partial charge in [0.05, 0.1) is 6.20 Å². The standard InChI is InChI=1S/C14H15BrN2O/c1-11-2-4-13(5-3-11)17-6-7-18-14-8-12(15)9-16-10-14/h2-5,8-10,17H,6-7H2,1H3. The summed E-state index contributed by atoms with van der Waals surface area (Å²) in [5, 5.41) is 3.30. The van der Waals surface area contributed by atoms with Crippen LogP contribution in [0.4, 0.5) is 5.69 Å². The molecule has 0 aliphatic rings. The molecule has 0 amide bonds. The third-order valence-corrected chi connectivity index (χ3v) is 2.86. The largest absolute Gasteiger partial charge is 0.490 e. The van der Waals surface area contributed by atoms with Crippen molar-refractivity contribution in [1.82, 2.24) is 4.98 Å². The maximum atomic E-state index is 5.58. The molecule has 0 unspecified atom stereocenters. The fraction of sp³-hybridized carbons (Fsp3) is 0.214. The average molecular weight is 307 g/mol. The van der Waals surface area contributed by atoms with Gasteiger partial charge in [0.1, 0.15) is 12.4 Å². The van der Waals surface area contributed by atoms with Gasteiger partial charge in [-0.3, -0.25) is 4.98 Å². The first kappa shape index (κ1) is 12.9. The molecule has 0 fully saturated rings. The molecule has 0 aliphatic heterocycles. The minimum absolute atomic E-state index is 0.603. The maximum Gasteiger partial charge on any atom is 0.138 e. The van der Waals surface area contributed by atoms with E-state index in [9.17, 15) is 0 Å². The molecule has 0 saturated carbocycles. The van der Waals surface area contributed by atoms with Crippen LogP contribution in [-0.4, -0.2) is 18.1 Å². The van der Waals surface area contributed by atoms with Crippen molar-refractivity contribution in [3.8, 4) is 5.75 Å². The minimum Gasteiger partial charge on any atom is -0.490 e. The molecule has 1 aromatic carbocycles. The molecule has 94 valence electrons. The summed E-state index contributed by atoms with van der Waals surface area (Å²) in [4.78, 5) is 4.04. The SMILES string of the molecule is Cc1ccc(NCCOc2cncc(Br)c2)cc1. The van der Waals surface area contributed by atoms with Crippen LogP contribution in [0.1, 0.15) is 5.56 Å². The van der Waals surface area contributed by atoms with Gasteiger partial charge in [-0.15, -0.1) is 0 Å². The van der Waals surface area contributed by atoms with Crippen molar-refractivity contribution in [2.75, 3.05) is 18.5 Å². The normalized spacial score (nSPS) is 10.1. The fourth-order valence-electron chi connectivity index (χ4n) is 1.51. The number of nitrogens with one attached hydrogen (secondary N) is 1. The molecule has 18 heavy (non-hydrogen) atoms. The summed E-state index contributed by atoms with van der Waals surface area (Å²) in [5.41, 5.74) is 2.37. The number of pyridine rings is 1. The van der Waals surface area contributed by atoms with Crippen LogP contribution < -0.4 is 10.1 Å². The Morgan fingerprint density at radius 1 is 1.22 bits per heavy atom. The highest BCUT2D eigenvalue weighted by atomic mass is 79.9. The van der Waals surface area contributed by atoms with E-state index in [-0.39, 0.29) is 0 Å². The van der Waals surface area contributed by atoms with Crippen molar-refractivity contribution in [1.29, 1.82) is 0 Å². The summed E-state index contributed by atoms with van der Waals surface area (Å²) >= 11 is 3.36. The molecule has 2 aromatic rings. The Morgan fingerprint density at radius 2 is 2.00 bits per heavy atom. The van der Waals surface area contributed by atoms with Crippen LogP contribution in [0.3, 0.4) is 0 Å². The Balaban J connectivity index is 1.74. The first-order valence-electron chi connectivity index (χ1n) is 5.78. The van der Waals surface area contributed by atoms with E-state index in [0.717, 1.165) is 22.5 Å². The molecular formula is C14H15BrN2O. The molecule has 2 rings (SSSR count). The van der Waals surface area contributed by atoms with Gasteiger partial charge in [0.2, 0.25) is 0 Å². The van der Waals surface area contributed by atoms with E-state index in [0.29, 0.717) is 6.61 Å². The Labute approximate surface area is 115 Å². The molecule has 1 N–H and O–H groups in total. The minimum atomic E-state index is 0.603. The number of halogens is 1. The van der Waals surface area contributed by atoms with Crippen molar-refractivity contribution in [3.63, 3.8) is 0 Å². The number of aromatic nitrogens is 1. The highest BCUT2D eigenvalue weighted by molar-refractivity contribution is 9.10. The van der Waals surface area contributed by atoms with Crippen molar-refractivity contribution in [3.05, 3.63) is 52.8 Å². The van der Waals surface area contributed by atoms with Gasteiger partial charge in [0.25, 0.3) is 0 Å². The van der Waals surface area contributed by atoms with Crippen LogP contribution >= 0.6 is 15.9 Å². The number of hydrogen-bond donors (Lipinski definition) is 1. The van der Waals surface area contributed by atoms with Crippen LogP contribution in [0.25, 0.3) is 0 Å². The zero-order valence-corrected chi connectivity index (χ0v) is 11.8. The lowest BCUT2D eigenvalue weighted by molar-refractivity contribution is 0.331. The molecule has 4 heteroatoms. The summed E-state index contributed by atoms with van der Waals surface area (Å²) in [6.45, 7) is 3.44. The highest BCUT2D eigenvalue weighted by Crippen LogP contribution is 2.15. The van der Waals surface area contributed by atoms with Crippen molar-refractivity contribution < 1.29 is 4.74 Å². The summed E-state index contributed by atoms with van der Waals surface area (Å²) < 4.78 is 6.50. The van der Waals surface area contributed by atoms with Gasteiger partial charge in [-0.1, -0.05) is 17.7 Å². The van der Waals surface area contributed by atoms with Crippen LogP contribution in [-0.2, 0) is 0 Å². The molecule has 0 radical (unpaired) electrons. The first-order valence-corrected chi connectivity index (χ1v) is 6.57. The zero-order chi connectivity index (χ0) is 12.8. The maximum absolute atomic E-state index is 5.58. The van der Waals surface area contributed by atoms with Crippen LogP contribution in [0, 0.1) is 6.92 Å². The zero-order valence-electron chi connectivity index (χ0n) is 10.2. The van der Waals surface area contributed by atoms with Crippen molar-refractivity contribution in [2.45, 2.75) is 6.92 Å². The monoisotopic (exact) mass is 306 g/mol. The molecule has 0 saturated heterocycles. The smallest absolute Gasteiger partial charge is 0.138 e. The third-order valence-electron chi connectivity index (χ3n) is 2.43. The van der Waals surface area contributed by atoms with E-state index in [2.05, 4.69) is 57.4 Å². The van der Waals surface area contributed by atoms with Gasteiger partial charge in [-0.05, 0) is 41.1 Å². The summed E-state index contributed by atoms with van der Waals surface area (Å²) in [6, 6.07) is 10.2. The Hall–Kier alpha value is -1.55. The average Bonchev–Trinajstić information content (AvgIpc) is 2.37. The molecule has 3 nitrogen and oxygen atoms in total. The van der Waals surface area contributed by atoms with Crippen LogP contribution in [0.15, 0.2) is 47.2 Å². The fourth-order valence-corrected chi connectivity index (χ4v) is 1.85. The second-order valence-corrected chi connectivity index (χ2v) is 4.90. The van der Waals surface area contributed by atoms with Gasteiger partial charge >= 0.3 is 0 Å². The Kier molecular flexibility index (Phi) is 4.59. The molecular weight excluding hydrogens is 292 g/mol. The van der Waals surface area contributed by atoms with Gasteiger partial charge in [0.15, 0.2) is 0 Å². The summed E-state index contributed by atoms with van der Waals surface area (Å²) in [7, 11) is 0. The number of ether oxygens (including phenoxy) is 1. The van der Waals surface area contributed by atoms with Crippen molar-refractivity contribution in [2.24, 2.45) is 0 Å². The quantitative estimate of drug-likeness (QED) is 0.856. The van der Waals surface area contributed by atoms with Gasteiger partial charge in [-0.25, -0.2) is 0 Å². The lowest BCUT2D eigenvalue weighted by Crippen LogP contribution is -2.11. The number of benzene rings is 1. The Morgan fingerprint density at radius 3 is 2.72 bits per heavy atom. The summed E-state index contributed by atoms with van der Waals surface area (Å²) in [6.07, 6.45) is 3.44. The van der Waals surface area contributed by atoms with Gasteiger partial charge in [0, 0.05) is 22.9 Å². The number of nitrogens with zero attached hydrogens (tertiary/aromatic N) is 1. The van der Waals surface area contributed by atoms with E-state index in [4.69, 9.17) is 4.74 Å². The van der Waals surface area contributed by atoms with Crippen molar-refractivity contribution >= 4 is 21.6 Å². The van der Waals surface area contributed by atoms with E-state index in [1.165, 1.54) is 5.56 Å². The number of hydrogen-bond acceptors (Lipinski definition) is 3. The number of aryl methyl sites for hydroxylation is 1. The lowest BCUT2D eigenvalue weighted by Gasteiger charge is -2.08. The highest BCUT2D eigenvalue weighted by Gasteiger charge is 1.96. The second-order valence-electron chi connectivity index (χ2n) is 3.98. The van der Waals surface area contributed by atoms with E-state index in [1.54, 1.807) is 12.4 Å². The molecule has 1 aromatic heterocycles. The number of rotatable bonds is 5. The van der Waals surface area contributed by atoms with E-state index >= 15 is 0 Å². The lowest BCUT2D eigenvalue weighted by atomic mass is 10.2. The predicted molar refractivity (Wildman–Crippen MR) is 77.1 cm³/mol. The molecule has 0 spiro atoms. The van der Waals surface area contributed by atoms with Crippen LogP contribution in [0.5, 0.6) is 5.75 Å². The van der Waals surface area contributed by atoms with E-state index in [1.807, 2.05) is 6.07 Å². The van der Waals surface area contributed by atoms with Crippen LogP contribution in [0.2, 0.25) is 0 Å². The first-order chi connectivity index (χ1) is 8.74.